The smallest absolute Gasteiger partial charge is 0.289 e. The summed E-state index contributed by atoms with van der Waals surface area (Å²) < 4.78 is 5.37. The number of halogens is 1. The number of hydrogen-bond acceptors (Lipinski definition) is 2. The lowest BCUT2D eigenvalue weighted by Gasteiger charge is -2.16. The molecule has 0 saturated carbocycles. The van der Waals surface area contributed by atoms with Crippen molar-refractivity contribution in [1.82, 2.24) is 4.90 Å². The van der Waals surface area contributed by atoms with E-state index in [2.05, 4.69) is 31.2 Å². The van der Waals surface area contributed by atoms with E-state index >= 15 is 0 Å². The number of carbonyl (C=O) groups excluding carboxylic acids is 1. The third kappa shape index (κ3) is 3.42. The molecule has 0 N–H and O–H groups in total. The Balaban J connectivity index is 2.02. The van der Waals surface area contributed by atoms with Crippen LogP contribution in [0.2, 0.25) is 0 Å². The van der Waals surface area contributed by atoms with Crippen molar-refractivity contribution in [2.45, 2.75) is 25.8 Å². The molecule has 0 aliphatic carbocycles. The monoisotopic (exact) mass is 291 g/mol. The van der Waals surface area contributed by atoms with Crippen LogP contribution in [0.4, 0.5) is 0 Å². The topological polar surface area (TPSA) is 33.5 Å². The SMILES string of the molecule is CCc1ccc(CN(C)C(=O)c2ccc(CCl)o2)cc1. The summed E-state index contributed by atoms with van der Waals surface area (Å²) in [4.78, 5) is 13.8. The Morgan fingerprint density at radius 1 is 1.15 bits per heavy atom. The van der Waals surface area contributed by atoms with E-state index < -0.39 is 0 Å². The van der Waals surface area contributed by atoms with Crippen molar-refractivity contribution in [1.29, 1.82) is 0 Å². The van der Waals surface area contributed by atoms with E-state index in [4.69, 9.17) is 16.0 Å². The van der Waals surface area contributed by atoms with E-state index in [0.717, 1.165) is 12.0 Å². The molecule has 3 nitrogen and oxygen atoms in total. The Morgan fingerprint density at radius 3 is 2.35 bits per heavy atom. The van der Waals surface area contributed by atoms with Gasteiger partial charge in [0.15, 0.2) is 5.76 Å². The molecule has 0 radical (unpaired) electrons. The van der Waals surface area contributed by atoms with Crippen LogP contribution in [0, 0.1) is 0 Å². The van der Waals surface area contributed by atoms with Crippen LogP contribution in [0.25, 0.3) is 0 Å². The fourth-order valence-electron chi connectivity index (χ4n) is 1.98. The van der Waals surface area contributed by atoms with Gasteiger partial charge in [0.05, 0.1) is 5.88 Å². The minimum Gasteiger partial charge on any atom is -0.455 e. The number of hydrogen-bond donors (Lipinski definition) is 0. The van der Waals surface area contributed by atoms with Gasteiger partial charge >= 0.3 is 0 Å². The van der Waals surface area contributed by atoms with Crippen molar-refractivity contribution in [3.05, 3.63) is 59.0 Å². The zero-order valence-corrected chi connectivity index (χ0v) is 12.5. The Labute approximate surface area is 124 Å². The molecule has 2 aromatic rings. The Morgan fingerprint density at radius 2 is 1.80 bits per heavy atom. The van der Waals surface area contributed by atoms with Gasteiger partial charge in [-0.3, -0.25) is 4.79 Å². The number of rotatable bonds is 5. The first-order valence-corrected chi connectivity index (χ1v) is 7.15. The molecule has 1 aromatic carbocycles. The molecule has 0 spiro atoms. The number of aryl methyl sites for hydroxylation is 1. The Hall–Kier alpha value is -1.74. The van der Waals surface area contributed by atoms with Crippen LogP contribution in [0.15, 0.2) is 40.8 Å². The molecule has 1 heterocycles. The van der Waals surface area contributed by atoms with Crippen LogP contribution >= 0.6 is 11.6 Å². The molecule has 2 rings (SSSR count). The quantitative estimate of drug-likeness (QED) is 0.784. The maximum absolute atomic E-state index is 12.2. The molecule has 0 fully saturated rings. The van der Waals surface area contributed by atoms with E-state index in [0.29, 0.717) is 18.1 Å². The Kier molecular flexibility index (Phi) is 4.85. The summed E-state index contributed by atoms with van der Waals surface area (Å²) in [6.45, 7) is 2.68. The standard InChI is InChI=1S/C16H18ClNO2/c1-3-12-4-6-13(7-5-12)11-18(2)16(19)15-9-8-14(10-17)20-15/h4-9H,3,10-11H2,1-2H3. The van der Waals surface area contributed by atoms with E-state index in [1.807, 2.05) is 0 Å². The van der Waals surface area contributed by atoms with E-state index in [-0.39, 0.29) is 11.8 Å². The fourth-order valence-corrected chi connectivity index (χ4v) is 2.12. The van der Waals surface area contributed by atoms with Crippen LogP contribution in [0.5, 0.6) is 0 Å². The molecule has 0 aliphatic heterocycles. The van der Waals surface area contributed by atoms with Gasteiger partial charge in [-0.05, 0) is 29.7 Å². The summed E-state index contributed by atoms with van der Waals surface area (Å²) in [5, 5.41) is 0. The zero-order chi connectivity index (χ0) is 14.5. The van der Waals surface area contributed by atoms with Gasteiger partial charge in [0.2, 0.25) is 0 Å². The highest BCUT2D eigenvalue weighted by atomic mass is 35.5. The normalized spacial score (nSPS) is 10.6. The second-order valence-electron chi connectivity index (χ2n) is 4.73. The first-order valence-electron chi connectivity index (χ1n) is 6.62. The lowest BCUT2D eigenvalue weighted by Crippen LogP contribution is -2.25. The Bertz CT molecular complexity index is 574. The highest BCUT2D eigenvalue weighted by Crippen LogP contribution is 2.14. The van der Waals surface area contributed by atoms with Gasteiger partial charge in [0.25, 0.3) is 5.91 Å². The fraction of sp³-hybridized carbons (Fsp3) is 0.312. The van der Waals surface area contributed by atoms with E-state index in [1.165, 1.54) is 5.56 Å². The summed E-state index contributed by atoms with van der Waals surface area (Å²) in [6, 6.07) is 11.7. The van der Waals surface area contributed by atoms with Crippen LogP contribution in [-0.4, -0.2) is 17.9 Å². The van der Waals surface area contributed by atoms with Gasteiger partial charge in [-0.1, -0.05) is 31.2 Å². The summed E-state index contributed by atoms with van der Waals surface area (Å²) >= 11 is 5.66. The lowest BCUT2D eigenvalue weighted by atomic mass is 10.1. The third-order valence-electron chi connectivity index (χ3n) is 3.20. The maximum Gasteiger partial charge on any atom is 0.289 e. The number of nitrogens with zero attached hydrogens (tertiary/aromatic N) is 1. The molecule has 4 heteroatoms. The minimum absolute atomic E-state index is 0.138. The minimum atomic E-state index is -0.138. The van der Waals surface area contributed by atoms with Crippen LogP contribution in [0.3, 0.4) is 0 Å². The van der Waals surface area contributed by atoms with Crippen molar-refractivity contribution >= 4 is 17.5 Å². The van der Waals surface area contributed by atoms with Gasteiger partial charge in [-0.2, -0.15) is 0 Å². The first-order chi connectivity index (χ1) is 9.63. The van der Waals surface area contributed by atoms with Crippen molar-refractivity contribution < 1.29 is 9.21 Å². The lowest BCUT2D eigenvalue weighted by molar-refractivity contribution is 0.0752. The summed E-state index contributed by atoms with van der Waals surface area (Å²) in [5.74, 6) is 1.07. The van der Waals surface area contributed by atoms with Gasteiger partial charge in [0, 0.05) is 13.6 Å². The largest absolute Gasteiger partial charge is 0.455 e. The van der Waals surface area contributed by atoms with Crippen molar-refractivity contribution in [3.63, 3.8) is 0 Å². The van der Waals surface area contributed by atoms with Crippen molar-refractivity contribution in [3.8, 4) is 0 Å². The molecule has 1 aromatic heterocycles. The van der Waals surface area contributed by atoms with Crippen molar-refractivity contribution in [2.24, 2.45) is 0 Å². The predicted octanol–water partition coefficient (Wildman–Crippen LogP) is 3.85. The predicted molar refractivity (Wildman–Crippen MR) is 79.9 cm³/mol. The molecule has 0 aliphatic rings. The van der Waals surface area contributed by atoms with Crippen molar-refractivity contribution in [2.75, 3.05) is 7.05 Å². The number of benzene rings is 1. The summed E-state index contributed by atoms with van der Waals surface area (Å²) in [7, 11) is 1.76. The molecule has 20 heavy (non-hydrogen) atoms. The number of carbonyl (C=O) groups is 1. The number of alkyl halides is 1. The molecule has 106 valence electrons. The summed E-state index contributed by atoms with van der Waals surface area (Å²) in [5.41, 5.74) is 2.39. The number of furan rings is 1. The zero-order valence-electron chi connectivity index (χ0n) is 11.7. The van der Waals surface area contributed by atoms with E-state index in [9.17, 15) is 4.79 Å². The highest BCUT2D eigenvalue weighted by molar-refractivity contribution is 6.16. The average molecular weight is 292 g/mol. The van der Waals surface area contributed by atoms with Crippen LogP contribution < -0.4 is 0 Å². The van der Waals surface area contributed by atoms with Gasteiger partial charge < -0.3 is 9.32 Å². The molecule has 1 amide bonds. The summed E-state index contributed by atoms with van der Waals surface area (Å²) in [6.07, 6.45) is 1.02. The molecule has 0 bridgehead atoms. The maximum atomic E-state index is 12.2. The number of amides is 1. The van der Waals surface area contributed by atoms with Gasteiger partial charge in [-0.25, -0.2) is 0 Å². The first kappa shape index (κ1) is 14.7. The molecular weight excluding hydrogens is 274 g/mol. The third-order valence-corrected chi connectivity index (χ3v) is 3.47. The molecular formula is C16H18ClNO2. The highest BCUT2D eigenvalue weighted by Gasteiger charge is 2.16. The van der Waals surface area contributed by atoms with Gasteiger partial charge in [-0.15, -0.1) is 11.6 Å². The molecule has 0 atom stereocenters. The van der Waals surface area contributed by atoms with E-state index in [1.54, 1.807) is 24.1 Å². The average Bonchev–Trinajstić information content (AvgIpc) is 2.96. The second kappa shape index (κ2) is 6.62. The molecule has 0 unspecified atom stereocenters. The van der Waals surface area contributed by atoms with Gasteiger partial charge in [0.1, 0.15) is 5.76 Å². The van der Waals surface area contributed by atoms with Crippen LogP contribution in [0.1, 0.15) is 34.4 Å². The second-order valence-corrected chi connectivity index (χ2v) is 5.00. The van der Waals surface area contributed by atoms with Crippen LogP contribution in [-0.2, 0) is 18.8 Å². The molecule has 0 saturated heterocycles.